The number of nitrogens with zero attached hydrogens (tertiary/aromatic N) is 1. The van der Waals surface area contributed by atoms with Crippen LogP contribution in [0.4, 0.5) is 24.7 Å². The molecule has 2 heterocycles. The molecule has 10 nitrogen and oxygen atoms in total. The maximum atomic E-state index is 12.4. The fourth-order valence-corrected chi connectivity index (χ4v) is 4.24. The van der Waals surface area contributed by atoms with Crippen LogP contribution < -0.4 is 15.4 Å². The van der Waals surface area contributed by atoms with Crippen molar-refractivity contribution in [1.29, 1.82) is 0 Å². The summed E-state index contributed by atoms with van der Waals surface area (Å²) in [7, 11) is 0. The number of alkyl halides is 3. The van der Waals surface area contributed by atoms with Crippen LogP contribution in [0.5, 0.6) is 5.75 Å². The van der Waals surface area contributed by atoms with Gasteiger partial charge < -0.3 is 20.4 Å². The molecule has 0 fully saturated rings. The molecule has 13 heteroatoms. The van der Waals surface area contributed by atoms with E-state index in [2.05, 4.69) is 30.4 Å². The number of anilines is 2. The summed E-state index contributed by atoms with van der Waals surface area (Å²) in [6.45, 7) is 2.36. The lowest BCUT2D eigenvalue weighted by atomic mass is 9.88. The quantitative estimate of drug-likeness (QED) is 0.120. The molecule has 4 rings (SSSR count). The van der Waals surface area contributed by atoms with Crippen molar-refractivity contribution >= 4 is 40.3 Å². The molecule has 0 bridgehead atoms. The number of aromatic nitrogens is 2. The van der Waals surface area contributed by atoms with Crippen LogP contribution in [-0.4, -0.2) is 47.1 Å². The van der Waals surface area contributed by atoms with Gasteiger partial charge >= 0.3 is 18.1 Å². The van der Waals surface area contributed by atoms with E-state index in [-0.39, 0.29) is 12.3 Å². The van der Waals surface area contributed by atoms with Crippen molar-refractivity contribution < 1.29 is 42.1 Å². The van der Waals surface area contributed by atoms with Crippen LogP contribution in [0, 0.1) is 0 Å². The molecule has 0 saturated carbocycles. The van der Waals surface area contributed by atoms with Crippen LogP contribution in [0.2, 0.25) is 0 Å². The Bertz CT molecular complexity index is 1540. The second-order valence-corrected chi connectivity index (χ2v) is 9.15. The number of halogens is 3. The Hall–Kier alpha value is -5.07. The topological polar surface area (TPSA) is 132 Å². The van der Waals surface area contributed by atoms with Crippen LogP contribution in [0.3, 0.4) is 0 Å². The van der Waals surface area contributed by atoms with Crippen molar-refractivity contribution in [3.63, 3.8) is 0 Å². The summed E-state index contributed by atoms with van der Waals surface area (Å²) in [4.78, 5) is 49.8. The van der Waals surface area contributed by atoms with Gasteiger partial charge in [-0.15, -0.1) is 0 Å². The van der Waals surface area contributed by atoms with Crippen LogP contribution in [0.15, 0.2) is 73.1 Å². The van der Waals surface area contributed by atoms with E-state index in [1.807, 2.05) is 6.07 Å². The van der Waals surface area contributed by atoms with Gasteiger partial charge in [0.15, 0.2) is 0 Å². The minimum Gasteiger partial charge on any atom is -0.493 e. The van der Waals surface area contributed by atoms with Crippen molar-refractivity contribution in [2.45, 2.75) is 31.9 Å². The first kappa shape index (κ1) is 29.9. The van der Waals surface area contributed by atoms with E-state index in [1.165, 1.54) is 6.92 Å². The number of hydrogen-bond acceptors (Lipinski definition) is 8. The van der Waals surface area contributed by atoms with Gasteiger partial charge in [-0.25, -0.2) is 24.3 Å². The smallest absolute Gasteiger partial charge is 0.493 e. The molecule has 0 aliphatic carbocycles. The zero-order valence-corrected chi connectivity index (χ0v) is 22.4. The van der Waals surface area contributed by atoms with Crippen molar-refractivity contribution in [3.8, 4) is 5.75 Å². The molecule has 2 aromatic carbocycles. The molecule has 3 N–H and O–H groups in total. The second-order valence-electron chi connectivity index (χ2n) is 9.15. The van der Waals surface area contributed by atoms with Gasteiger partial charge in [0.05, 0.1) is 18.7 Å². The summed E-state index contributed by atoms with van der Waals surface area (Å²) < 4.78 is 43.1. The van der Waals surface area contributed by atoms with Gasteiger partial charge in [-0.2, -0.15) is 13.2 Å². The van der Waals surface area contributed by atoms with Crippen LogP contribution in [-0.2, 0) is 24.2 Å². The van der Waals surface area contributed by atoms with Crippen LogP contribution in [0.1, 0.15) is 36.8 Å². The summed E-state index contributed by atoms with van der Waals surface area (Å²) in [6.07, 6.45) is -1.71. The highest BCUT2D eigenvalue weighted by Crippen LogP contribution is 2.35. The van der Waals surface area contributed by atoms with Gasteiger partial charge in [-0.1, -0.05) is 30.3 Å². The monoisotopic (exact) mass is 584 g/mol. The minimum absolute atomic E-state index is 0.196. The molecular weight excluding hydrogens is 557 g/mol. The first-order valence-corrected chi connectivity index (χ1v) is 12.9. The summed E-state index contributed by atoms with van der Waals surface area (Å²) in [5.41, 5.74) is 2.70. The Morgan fingerprint density at radius 3 is 2.55 bits per heavy atom. The SMILES string of the molecule is CC(=O)Nc1cccnc1NCCCOc1ccc2c(C(CC(=O)OOC(=O)C(F)(F)F)c3ccccc3)c[nH]c2c1. The number of nitrogens with one attached hydrogen (secondary N) is 3. The number of benzene rings is 2. The molecule has 2 aromatic heterocycles. The third-order valence-electron chi connectivity index (χ3n) is 6.08. The van der Waals surface area contributed by atoms with Crippen molar-refractivity contribution in [2.24, 2.45) is 0 Å². The predicted molar refractivity (Wildman–Crippen MR) is 147 cm³/mol. The lowest BCUT2D eigenvalue weighted by Gasteiger charge is -2.16. The fourth-order valence-electron chi connectivity index (χ4n) is 4.24. The second kappa shape index (κ2) is 13.5. The molecule has 0 spiro atoms. The number of hydrogen-bond donors (Lipinski definition) is 3. The molecular formula is C29H27F3N4O6. The van der Waals surface area contributed by atoms with Crippen LogP contribution in [0.25, 0.3) is 10.9 Å². The van der Waals surface area contributed by atoms with Gasteiger partial charge in [0, 0.05) is 48.7 Å². The first-order chi connectivity index (χ1) is 20.1. The van der Waals surface area contributed by atoms with E-state index < -0.39 is 24.0 Å². The predicted octanol–water partition coefficient (Wildman–Crippen LogP) is 5.49. The van der Waals surface area contributed by atoms with Gasteiger partial charge in [-0.3, -0.25) is 4.79 Å². The van der Waals surface area contributed by atoms with E-state index in [9.17, 15) is 27.6 Å². The standard InChI is InChI=1S/C29H27F3N4O6/c1-18(37)36-24-9-5-12-33-27(24)34-13-6-14-40-20-10-11-21-23(17-35-25(21)15-20)22(19-7-3-2-4-8-19)16-26(38)41-42-28(39)29(30,31)32/h2-5,7-12,15,17,22,35H,6,13-14,16H2,1H3,(H,33,34)(H,36,37). The maximum absolute atomic E-state index is 12.4. The third-order valence-corrected chi connectivity index (χ3v) is 6.08. The third kappa shape index (κ3) is 7.99. The maximum Gasteiger partial charge on any atom is 0.495 e. The Morgan fingerprint density at radius 2 is 1.81 bits per heavy atom. The molecule has 1 atom stereocenters. The lowest BCUT2D eigenvalue weighted by Crippen LogP contribution is -2.27. The van der Waals surface area contributed by atoms with E-state index in [0.29, 0.717) is 53.5 Å². The number of carbonyl (C=O) groups is 3. The van der Waals surface area contributed by atoms with Crippen molar-refractivity contribution in [1.82, 2.24) is 9.97 Å². The highest BCUT2D eigenvalue weighted by atomic mass is 19.4. The van der Waals surface area contributed by atoms with Gasteiger partial charge in [0.1, 0.15) is 11.6 Å². The molecule has 220 valence electrons. The molecule has 1 amide bonds. The van der Waals surface area contributed by atoms with E-state index in [0.717, 1.165) is 5.39 Å². The fraction of sp³-hybridized carbons (Fsp3) is 0.241. The summed E-state index contributed by atoms with van der Waals surface area (Å²) >= 11 is 0. The van der Waals surface area contributed by atoms with Crippen molar-refractivity contribution in [3.05, 3.63) is 84.2 Å². The number of fused-ring (bicyclic) bond motifs is 1. The zero-order valence-electron chi connectivity index (χ0n) is 22.4. The molecule has 0 aliphatic heterocycles. The van der Waals surface area contributed by atoms with Gasteiger partial charge in [0.25, 0.3) is 0 Å². The molecule has 4 aromatic rings. The molecule has 1 unspecified atom stereocenters. The average molecular weight is 585 g/mol. The Morgan fingerprint density at radius 1 is 1.02 bits per heavy atom. The number of amides is 1. The number of ether oxygens (including phenoxy) is 1. The molecule has 42 heavy (non-hydrogen) atoms. The first-order valence-electron chi connectivity index (χ1n) is 12.9. The minimum atomic E-state index is -5.29. The van der Waals surface area contributed by atoms with E-state index >= 15 is 0 Å². The number of carbonyl (C=O) groups excluding carboxylic acids is 3. The Balaban J connectivity index is 1.39. The van der Waals surface area contributed by atoms with E-state index in [4.69, 9.17) is 4.74 Å². The van der Waals surface area contributed by atoms with Crippen molar-refractivity contribution in [2.75, 3.05) is 23.8 Å². The number of H-pyrrole nitrogens is 1. The van der Waals surface area contributed by atoms with Gasteiger partial charge in [0.2, 0.25) is 5.91 Å². The lowest BCUT2D eigenvalue weighted by molar-refractivity contribution is -0.285. The summed E-state index contributed by atoms with van der Waals surface area (Å²) in [6, 6.07) is 17.7. The van der Waals surface area contributed by atoms with Crippen LogP contribution >= 0.6 is 0 Å². The molecule has 0 radical (unpaired) electrons. The Labute approximate surface area is 238 Å². The Kier molecular flexibility index (Phi) is 9.63. The van der Waals surface area contributed by atoms with Gasteiger partial charge in [-0.05, 0) is 41.8 Å². The molecule has 0 aliphatic rings. The highest BCUT2D eigenvalue weighted by Gasteiger charge is 2.43. The average Bonchev–Trinajstić information content (AvgIpc) is 3.38. The number of aromatic amines is 1. The molecule has 0 saturated heterocycles. The summed E-state index contributed by atoms with van der Waals surface area (Å²) in [5.74, 6) is -3.40. The number of rotatable bonds is 11. The summed E-state index contributed by atoms with van der Waals surface area (Å²) in [5, 5.41) is 6.65. The number of pyridine rings is 1. The normalized spacial score (nSPS) is 11.9. The van der Waals surface area contributed by atoms with E-state index in [1.54, 1.807) is 67.0 Å². The zero-order chi connectivity index (χ0) is 30.1. The largest absolute Gasteiger partial charge is 0.495 e. The highest BCUT2D eigenvalue weighted by molar-refractivity contribution is 5.91.